The second kappa shape index (κ2) is 7.04. The molecule has 1 aromatic rings. The minimum absolute atomic E-state index is 0.178. The van der Waals surface area contributed by atoms with Gasteiger partial charge in [0.1, 0.15) is 0 Å². The van der Waals surface area contributed by atoms with Gasteiger partial charge in [-0.2, -0.15) is 0 Å². The van der Waals surface area contributed by atoms with E-state index < -0.39 is 0 Å². The second-order valence-electron chi connectivity index (χ2n) is 3.95. The molecular weight excluding hydrogens is 204 g/mol. The van der Waals surface area contributed by atoms with Gasteiger partial charge in [0.25, 0.3) is 5.88 Å². The van der Waals surface area contributed by atoms with Crippen LogP contribution in [0.1, 0.15) is 39.5 Å². The maximum Gasteiger partial charge on any atom is 0.310 e. The number of aromatic amines is 1. The molecule has 1 aromatic heterocycles. The Kier molecular flexibility index (Phi) is 5.61. The summed E-state index contributed by atoms with van der Waals surface area (Å²) in [6.45, 7) is 4.90. The van der Waals surface area contributed by atoms with Crippen molar-refractivity contribution in [1.82, 2.24) is 9.97 Å². The smallest absolute Gasteiger partial charge is 0.310 e. The van der Waals surface area contributed by atoms with Crippen molar-refractivity contribution in [3.63, 3.8) is 0 Å². The van der Waals surface area contributed by atoms with Gasteiger partial charge in [-0.3, -0.25) is 4.79 Å². The molecule has 16 heavy (non-hydrogen) atoms. The normalized spacial score (nSPS) is 12.4. The molecule has 90 valence electrons. The molecule has 0 aliphatic carbocycles. The minimum Gasteiger partial charge on any atom is -0.473 e. The fourth-order valence-corrected chi connectivity index (χ4v) is 1.54. The highest BCUT2D eigenvalue weighted by Gasteiger charge is 2.08. The lowest BCUT2D eigenvalue weighted by atomic mass is 10.0. The topological polar surface area (TPSA) is 55.0 Å². The molecule has 0 spiro atoms. The van der Waals surface area contributed by atoms with E-state index >= 15 is 0 Å². The second-order valence-corrected chi connectivity index (χ2v) is 3.95. The number of nitrogens with zero attached hydrogens (tertiary/aromatic N) is 1. The van der Waals surface area contributed by atoms with E-state index in [0.29, 0.717) is 12.5 Å². The number of ether oxygens (including phenoxy) is 1. The minimum atomic E-state index is -0.257. The SMILES string of the molecule is CCCCC(CC)COc1ncc[nH]c1=O. The van der Waals surface area contributed by atoms with Crippen LogP contribution in [-0.4, -0.2) is 16.6 Å². The summed E-state index contributed by atoms with van der Waals surface area (Å²) in [5, 5.41) is 0. The molecule has 0 bridgehead atoms. The van der Waals surface area contributed by atoms with Gasteiger partial charge in [0.05, 0.1) is 6.61 Å². The van der Waals surface area contributed by atoms with Crippen LogP contribution in [0, 0.1) is 5.92 Å². The fourth-order valence-electron chi connectivity index (χ4n) is 1.54. The van der Waals surface area contributed by atoms with Crippen molar-refractivity contribution < 1.29 is 4.74 Å². The molecule has 0 amide bonds. The van der Waals surface area contributed by atoms with Crippen molar-refractivity contribution in [3.05, 3.63) is 22.7 Å². The zero-order valence-electron chi connectivity index (χ0n) is 10.0. The van der Waals surface area contributed by atoms with E-state index in [4.69, 9.17) is 4.74 Å². The Labute approximate surface area is 96.1 Å². The van der Waals surface area contributed by atoms with E-state index in [-0.39, 0.29) is 11.4 Å². The van der Waals surface area contributed by atoms with Crippen molar-refractivity contribution in [2.24, 2.45) is 5.92 Å². The molecule has 1 N–H and O–H groups in total. The van der Waals surface area contributed by atoms with Gasteiger partial charge >= 0.3 is 5.56 Å². The van der Waals surface area contributed by atoms with Gasteiger partial charge in [0.2, 0.25) is 0 Å². The average molecular weight is 224 g/mol. The van der Waals surface area contributed by atoms with Gasteiger partial charge in [-0.25, -0.2) is 4.98 Å². The van der Waals surface area contributed by atoms with Crippen LogP contribution in [0.4, 0.5) is 0 Å². The van der Waals surface area contributed by atoms with Crippen LogP contribution in [0.2, 0.25) is 0 Å². The lowest BCUT2D eigenvalue weighted by Crippen LogP contribution is -2.17. The van der Waals surface area contributed by atoms with Gasteiger partial charge in [-0.15, -0.1) is 0 Å². The Balaban J connectivity index is 2.43. The molecule has 0 saturated heterocycles. The molecule has 0 saturated carbocycles. The number of aromatic nitrogens is 2. The number of hydrogen-bond acceptors (Lipinski definition) is 3. The van der Waals surface area contributed by atoms with Gasteiger partial charge < -0.3 is 9.72 Å². The van der Waals surface area contributed by atoms with Crippen LogP contribution < -0.4 is 10.3 Å². The van der Waals surface area contributed by atoms with Crippen molar-refractivity contribution in [2.45, 2.75) is 39.5 Å². The van der Waals surface area contributed by atoms with Crippen LogP contribution in [0.3, 0.4) is 0 Å². The molecule has 1 atom stereocenters. The first-order valence-electron chi connectivity index (χ1n) is 5.94. The zero-order valence-corrected chi connectivity index (χ0v) is 10.0. The van der Waals surface area contributed by atoms with E-state index in [9.17, 15) is 4.79 Å². The summed E-state index contributed by atoms with van der Waals surface area (Å²) in [6, 6.07) is 0. The monoisotopic (exact) mass is 224 g/mol. The predicted molar refractivity (Wildman–Crippen MR) is 63.7 cm³/mol. The molecular formula is C12H20N2O2. The molecule has 1 unspecified atom stereocenters. The molecule has 0 fully saturated rings. The van der Waals surface area contributed by atoms with Crippen LogP contribution in [0.15, 0.2) is 17.2 Å². The van der Waals surface area contributed by atoms with Gasteiger partial charge in [-0.1, -0.05) is 33.1 Å². The Morgan fingerprint density at radius 2 is 2.31 bits per heavy atom. The number of hydrogen-bond donors (Lipinski definition) is 1. The highest BCUT2D eigenvalue weighted by molar-refractivity contribution is 5.02. The first kappa shape index (κ1) is 12.7. The summed E-state index contributed by atoms with van der Waals surface area (Å²) in [7, 11) is 0. The molecule has 4 heteroatoms. The Morgan fingerprint density at radius 3 is 2.94 bits per heavy atom. The molecule has 1 rings (SSSR count). The van der Waals surface area contributed by atoms with Crippen molar-refractivity contribution >= 4 is 0 Å². The summed E-state index contributed by atoms with van der Waals surface area (Å²) in [5.74, 6) is 0.693. The molecule has 0 aliphatic heterocycles. The van der Waals surface area contributed by atoms with Crippen LogP contribution in [0.5, 0.6) is 5.88 Å². The maximum atomic E-state index is 11.3. The van der Waals surface area contributed by atoms with Gasteiger partial charge in [0.15, 0.2) is 0 Å². The predicted octanol–water partition coefficient (Wildman–Crippen LogP) is 2.37. The van der Waals surface area contributed by atoms with Crippen LogP contribution >= 0.6 is 0 Å². The quantitative estimate of drug-likeness (QED) is 0.773. The summed E-state index contributed by atoms with van der Waals surface area (Å²) in [5.41, 5.74) is -0.257. The Bertz CT molecular complexity index is 349. The third-order valence-corrected chi connectivity index (χ3v) is 2.67. The molecule has 0 aromatic carbocycles. The molecule has 0 aliphatic rings. The average Bonchev–Trinajstić information content (AvgIpc) is 2.31. The third-order valence-electron chi connectivity index (χ3n) is 2.67. The molecule has 1 heterocycles. The number of unbranched alkanes of at least 4 members (excludes halogenated alkanes) is 1. The van der Waals surface area contributed by atoms with Gasteiger partial charge in [-0.05, 0) is 12.3 Å². The fraction of sp³-hybridized carbons (Fsp3) is 0.667. The summed E-state index contributed by atoms with van der Waals surface area (Å²) < 4.78 is 5.43. The van der Waals surface area contributed by atoms with E-state index in [0.717, 1.165) is 12.8 Å². The maximum absolute atomic E-state index is 11.3. The van der Waals surface area contributed by atoms with Crippen LogP contribution in [0.25, 0.3) is 0 Å². The molecule has 4 nitrogen and oxygen atoms in total. The number of H-pyrrole nitrogens is 1. The van der Waals surface area contributed by atoms with E-state index in [1.807, 2.05) is 0 Å². The first-order valence-corrected chi connectivity index (χ1v) is 5.94. The Morgan fingerprint density at radius 1 is 1.50 bits per heavy atom. The number of nitrogens with one attached hydrogen (secondary N) is 1. The van der Waals surface area contributed by atoms with Crippen molar-refractivity contribution in [3.8, 4) is 5.88 Å². The highest BCUT2D eigenvalue weighted by atomic mass is 16.5. The van der Waals surface area contributed by atoms with E-state index in [1.54, 1.807) is 0 Å². The summed E-state index contributed by atoms with van der Waals surface area (Å²) in [6.07, 6.45) is 7.66. The zero-order chi connectivity index (χ0) is 11.8. The largest absolute Gasteiger partial charge is 0.473 e. The summed E-state index contributed by atoms with van der Waals surface area (Å²) >= 11 is 0. The standard InChI is InChI=1S/C12H20N2O2/c1-3-5-6-10(4-2)9-16-12-11(15)13-7-8-14-12/h7-8,10H,3-6,9H2,1-2H3,(H,13,15). The van der Waals surface area contributed by atoms with Gasteiger partial charge in [0, 0.05) is 12.4 Å². The lowest BCUT2D eigenvalue weighted by molar-refractivity contribution is 0.223. The van der Waals surface area contributed by atoms with Crippen molar-refractivity contribution in [1.29, 1.82) is 0 Å². The van der Waals surface area contributed by atoms with Crippen LogP contribution in [-0.2, 0) is 0 Å². The lowest BCUT2D eigenvalue weighted by Gasteiger charge is -2.14. The third kappa shape index (κ3) is 4.04. The van der Waals surface area contributed by atoms with E-state index in [1.165, 1.54) is 25.2 Å². The highest BCUT2D eigenvalue weighted by Crippen LogP contribution is 2.13. The molecule has 0 radical (unpaired) electrons. The summed E-state index contributed by atoms with van der Waals surface area (Å²) in [4.78, 5) is 17.7. The number of rotatable bonds is 7. The van der Waals surface area contributed by atoms with Crippen molar-refractivity contribution in [2.75, 3.05) is 6.61 Å². The Hall–Kier alpha value is -1.32. The van der Waals surface area contributed by atoms with E-state index in [2.05, 4.69) is 23.8 Å². The first-order chi connectivity index (χ1) is 7.77.